The summed E-state index contributed by atoms with van der Waals surface area (Å²) in [6.45, 7) is 2.70. The van der Waals surface area contributed by atoms with Gasteiger partial charge in [-0.1, -0.05) is 12.1 Å². The van der Waals surface area contributed by atoms with Gasteiger partial charge in [0.25, 0.3) is 5.91 Å². The van der Waals surface area contributed by atoms with Crippen LogP contribution in [0.3, 0.4) is 0 Å². The molecule has 1 aliphatic rings. The van der Waals surface area contributed by atoms with E-state index in [-0.39, 0.29) is 11.6 Å². The first-order valence-corrected chi connectivity index (χ1v) is 7.92. The Morgan fingerprint density at radius 3 is 2.56 bits per heavy atom. The van der Waals surface area contributed by atoms with Crippen molar-refractivity contribution in [3.8, 4) is 5.75 Å². The van der Waals surface area contributed by atoms with Crippen LogP contribution in [0.5, 0.6) is 5.75 Å². The predicted octanol–water partition coefficient (Wildman–Crippen LogP) is 1.02. The summed E-state index contributed by atoms with van der Waals surface area (Å²) in [6.07, 6.45) is 3.88. The fourth-order valence-corrected chi connectivity index (χ4v) is 2.59. The molecular weight excluding hydrogens is 322 g/mol. The Bertz CT molecular complexity index is 742. The Kier molecular flexibility index (Phi) is 5.08. The molecule has 1 fully saturated rings. The molecule has 8 nitrogen and oxygen atoms in total. The first kappa shape index (κ1) is 16.7. The lowest BCUT2D eigenvalue weighted by atomic mass is 10.3. The maximum atomic E-state index is 12.3. The molecule has 1 saturated heterocycles. The van der Waals surface area contributed by atoms with Gasteiger partial charge in [-0.2, -0.15) is 0 Å². The van der Waals surface area contributed by atoms with Crippen molar-refractivity contribution in [3.05, 3.63) is 42.4 Å². The zero-order chi connectivity index (χ0) is 17.6. The van der Waals surface area contributed by atoms with E-state index in [1.807, 2.05) is 17.0 Å². The van der Waals surface area contributed by atoms with Crippen LogP contribution in [0.1, 0.15) is 10.5 Å². The molecule has 2 amide bonds. The van der Waals surface area contributed by atoms with Crippen molar-refractivity contribution in [2.24, 2.45) is 0 Å². The molecule has 2 aromatic rings. The molecule has 0 atom stereocenters. The van der Waals surface area contributed by atoms with E-state index < -0.39 is 0 Å². The second-order valence-corrected chi connectivity index (χ2v) is 5.54. The summed E-state index contributed by atoms with van der Waals surface area (Å²) in [7, 11) is 1.55. The number of methoxy groups -OCH3 is 1. The number of benzene rings is 1. The average Bonchev–Trinajstić information content (AvgIpc) is 2.68. The standard InChI is InChI=1S/C17H19N5O3/c1-25-15-5-3-2-4-13(15)20-17(24)14-10-19-16(11-18-14)22-8-6-21(12-23)7-9-22/h2-5,10-12H,6-9H2,1H3,(H,20,24). The van der Waals surface area contributed by atoms with Crippen molar-refractivity contribution in [1.82, 2.24) is 14.9 Å². The summed E-state index contributed by atoms with van der Waals surface area (Å²) in [5.74, 6) is 0.919. The number of nitrogens with one attached hydrogen (secondary N) is 1. The van der Waals surface area contributed by atoms with E-state index in [0.717, 1.165) is 6.41 Å². The van der Waals surface area contributed by atoms with Crippen LogP contribution in [0.15, 0.2) is 36.7 Å². The highest BCUT2D eigenvalue weighted by Crippen LogP contribution is 2.23. The highest BCUT2D eigenvalue weighted by atomic mass is 16.5. The Balaban J connectivity index is 1.66. The van der Waals surface area contributed by atoms with Crippen LogP contribution < -0.4 is 15.0 Å². The quantitative estimate of drug-likeness (QED) is 0.817. The van der Waals surface area contributed by atoms with Crippen molar-refractivity contribution < 1.29 is 14.3 Å². The van der Waals surface area contributed by atoms with Crippen LogP contribution in [0.25, 0.3) is 0 Å². The number of anilines is 2. The van der Waals surface area contributed by atoms with E-state index >= 15 is 0 Å². The molecular formula is C17H19N5O3. The number of amides is 2. The molecule has 1 aromatic heterocycles. The number of hydrogen-bond donors (Lipinski definition) is 1. The van der Waals surface area contributed by atoms with Crippen molar-refractivity contribution >= 4 is 23.8 Å². The van der Waals surface area contributed by atoms with Gasteiger partial charge >= 0.3 is 0 Å². The van der Waals surface area contributed by atoms with Gasteiger partial charge in [0.05, 0.1) is 25.2 Å². The number of hydrogen-bond acceptors (Lipinski definition) is 6. The maximum absolute atomic E-state index is 12.3. The van der Waals surface area contributed by atoms with E-state index in [1.165, 1.54) is 6.20 Å². The van der Waals surface area contributed by atoms with Crippen molar-refractivity contribution in [2.45, 2.75) is 0 Å². The molecule has 1 aliphatic heterocycles. The van der Waals surface area contributed by atoms with Crippen molar-refractivity contribution in [2.75, 3.05) is 43.5 Å². The monoisotopic (exact) mass is 341 g/mol. The summed E-state index contributed by atoms with van der Waals surface area (Å²) in [6, 6.07) is 7.16. The number of para-hydroxylation sites is 2. The van der Waals surface area contributed by atoms with Gasteiger partial charge in [0.2, 0.25) is 6.41 Å². The summed E-state index contributed by atoms with van der Waals surface area (Å²) < 4.78 is 5.21. The van der Waals surface area contributed by atoms with Gasteiger partial charge in [0.1, 0.15) is 17.3 Å². The molecule has 8 heteroatoms. The van der Waals surface area contributed by atoms with Crippen LogP contribution in [0.4, 0.5) is 11.5 Å². The highest BCUT2D eigenvalue weighted by Gasteiger charge is 2.18. The smallest absolute Gasteiger partial charge is 0.275 e. The zero-order valence-corrected chi connectivity index (χ0v) is 13.9. The molecule has 1 aromatic carbocycles. The Morgan fingerprint density at radius 2 is 1.92 bits per heavy atom. The van der Waals surface area contributed by atoms with Crippen LogP contribution >= 0.6 is 0 Å². The first-order valence-electron chi connectivity index (χ1n) is 7.92. The molecule has 0 aliphatic carbocycles. The van der Waals surface area contributed by atoms with Crippen LogP contribution in [0, 0.1) is 0 Å². The number of aromatic nitrogens is 2. The molecule has 0 radical (unpaired) electrons. The summed E-state index contributed by atoms with van der Waals surface area (Å²) in [5.41, 5.74) is 0.798. The van der Waals surface area contributed by atoms with Gasteiger partial charge in [-0.15, -0.1) is 0 Å². The van der Waals surface area contributed by atoms with E-state index in [2.05, 4.69) is 15.3 Å². The molecule has 1 N–H and O–H groups in total. The highest BCUT2D eigenvalue weighted by molar-refractivity contribution is 6.03. The molecule has 0 saturated carbocycles. The summed E-state index contributed by atoms with van der Waals surface area (Å²) >= 11 is 0. The van der Waals surface area contributed by atoms with Gasteiger partial charge in [-0.3, -0.25) is 9.59 Å². The number of carbonyl (C=O) groups is 2. The average molecular weight is 341 g/mol. The van der Waals surface area contributed by atoms with Crippen LogP contribution in [0.2, 0.25) is 0 Å². The van der Waals surface area contributed by atoms with Crippen LogP contribution in [-0.2, 0) is 4.79 Å². The second-order valence-electron chi connectivity index (χ2n) is 5.54. The van der Waals surface area contributed by atoms with Gasteiger partial charge < -0.3 is 19.9 Å². The molecule has 0 unspecified atom stereocenters. The minimum atomic E-state index is -0.352. The summed E-state index contributed by atoms with van der Waals surface area (Å²) in [4.78, 5) is 35.4. The van der Waals surface area contributed by atoms with E-state index in [4.69, 9.17) is 4.74 Å². The Hall–Kier alpha value is -3.16. The SMILES string of the molecule is COc1ccccc1NC(=O)c1cnc(N2CCN(C=O)CC2)cn1. The largest absolute Gasteiger partial charge is 0.495 e. The maximum Gasteiger partial charge on any atom is 0.275 e. The van der Waals surface area contributed by atoms with Crippen molar-refractivity contribution in [1.29, 1.82) is 0 Å². The number of piperazine rings is 1. The third-order valence-electron chi connectivity index (χ3n) is 4.01. The predicted molar refractivity (Wildman–Crippen MR) is 92.8 cm³/mol. The fourth-order valence-electron chi connectivity index (χ4n) is 2.59. The number of carbonyl (C=O) groups excluding carboxylic acids is 2. The Morgan fingerprint density at radius 1 is 1.16 bits per heavy atom. The lowest BCUT2D eigenvalue weighted by Crippen LogP contribution is -2.46. The van der Waals surface area contributed by atoms with Crippen molar-refractivity contribution in [3.63, 3.8) is 0 Å². The molecule has 0 bridgehead atoms. The molecule has 0 spiro atoms. The zero-order valence-electron chi connectivity index (χ0n) is 13.9. The van der Waals surface area contributed by atoms with E-state index in [9.17, 15) is 9.59 Å². The second kappa shape index (κ2) is 7.61. The van der Waals surface area contributed by atoms with E-state index in [0.29, 0.717) is 43.4 Å². The van der Waals surface area contributed by atoms with E-state index in [1.54, 1.807) is 30.3 Å². The first-order chi connectivity index (χ1) is 12.2. The third-order valence-corrected chi connectivity index (χ3v) is 4.01. The number of ether oxygens (including phenoxy) is 1. The van der Waals surface area contributed by atoms with Gasteiger partial charge in [0, 0.05) is 26.2 Å². The summed E-state index contributed by atoms with van der Waals surface area (Å²) in [5, 5.41) is 2.76. The topological polar surface area (TPSA) is 87.7 Å². The lowest BCUT2D eigenvalue weighted by Gasteiger charge is -2.33. The minimum Gasteiger partial charge on any atom is -0.495 e. The molecule has 130 valence electrons. The van der Waals surface area contributed by atoms with Crippen LogP contribution in [-0.4, -0.2) is 60.5 Å². The normalized spacial score (nSPS) is 14.1. The third kappa shape index (κ3) is 3.85. The molecule has 2 heterocycles. The lowest BCUT2D eigenvalue weighted by molar-refractivity contribution is -0.118. The van der Waals surface area contributed by atoms with Gasteiger partial charge in [0.15, 0.2) is 0 Å². The van der Waals surface area contributed by atoms with Gasteiger partial charge in [-0.05, 0) is 12.1 Å². The Labute approximate surface area is 145 Å². The van der Waals surface area contributed by atoms with Gasteiger partial charge in [-0.25, -0.2) is 9.97 Å². The minimum absolute atomic E-state index is 0.223. The number of rotatable bonds is 5. The fraction of sp³-hybridized carbons (Fsp3) is 0.294. The number of nitrogens with zero attached hydrogens (tertiary/aromatic N) is 4. The molecule has 3 rings (SSSR count). The molecule has 25 heavy (non-hydrogen) atoms.